The van der Waals surface area contributed by atoms with E-state index >= 15 is 0 Å². The molecular weight excluding hydrogens is 180 g/mol. The predicted octanol–water partition coefficient (Wildman–Crippen LogP) is 1.72. The lowest BCUT2D eigenvalue weighted by molar-refractivity contribution is 0.628. The van der Waals surface area contributed by atoms with Crippen molar-refractivity contribution in [2.45, 2.75) is 25.1 Å². The van der Waals surface area contributed by atoms with Crippen molar-refractivity contribution in [2.75, 3.05) is 6.54 Å². The van der Waals surface area contributed by atoms with Crippen LogP contribution in [0.25, 0.3) is 0 Å². The zero-order chi connectivity index (χ0) is 9.26. The van der Waals surface area contributed by atoms with Gasteiger partial charge in [0, 0.05) is 36.7 Å². The lowest BCUT2D eigenvalue weighted by atomic mass is 10.0. The first-order chi connectivity index (χ1) is 6.27. The van der Waals surface area contributed by atoms with Gasteiger partial charge in [0.1, 0.15) is 0 Å². The molecule has 13 heavy (non-hydrogen) atoms. The quantitative estimate of drug-likeness (QED) is 0.665. The summed E-state index contributed by atoms with van der Waals surface area (Å²) in [6.45, 7) is 4.08. The van der Waals surface area contributed by atoms with Gasteiger partial charge in [-0.05, 0) is 18.1 Å². The number of rotatable bonds is 1. The fraction of sp³-hybridized carbons (Fsp3) is 0.500. The first kappa shape index (κ1) is 9.03. The molecule has 0 radical (unpaired) electrons. The largest absolute Gasteiger partial charge is 0.312 e. The lowest BCUT2D eigenvalue weighted by Gasteiger charge is -2.17. The van der Waals surface area contributed by atoms with Gasteiger partial charge in [-0.25, -0.2) is 0 Å². The molecule has 0 saturated heterocycles. The topological polar surface area (TPSA) is 24.9 Å². The molecule has 0 amide bonds. The maximum absolute atomic E-state index is 4.45. The summed E-state index contributed by atoms with van der Waals surface area (Å²) in [6, 6.07) is 2.21. The number of aromatic nitrogens is 1. The van der Waals surface area contributed by atoms with Gasteiger partial charge in [-0.3, -0.25) is 4.98 Å². The van der Waals surface area contributed by atoms with Crippen LogP contribution in [0.2, 0.25) is 0 Å². The minimum Gasteiger partial charge on any atom is -0.312 e. The Balaban J connectivity index is 2.35. The summed E-state index contributed by atoms with van der Waals surface area (Å²) in [7, 11) is 0. The number of pyridine rings is 1. The van der Waals surface area contributed by atoms with Gasteiger partial charge in [0.05, 0.1) is 0 Å². The Bertz CT molecular complexity index is 310. The van der Waals surface area contributed by atoms with Crippen LogP contribution in [0.3, 0.4) is 0 Å². The van der Waals surface area contributed by atoms with E-state index in [1.165, 1.54) is 16.8 Å². The van der Waals surface area contributed by atoms with Crippen molar-refractivity contribution in [1.29, 1.82) is 0 Å². The van der Waals surface area contributed by atoms with Crippen LogP contribution in [0.5, 0.6) is 0 Å². The molecule has 3 heteroatoms. The standard InChI is InChI=1S/C10H14N2S/c1-7(13)8-4-9-5-11-3-2-10(9)12-6-8/h4,6-7,11,13H,2-3,5H2,1H3. The third-order valence-corrected chi connectivity index (χ3v) is 2.72. The van der Waals surface area contributed by atoms with Gasteiger partial charge in [-0.15, -0.1) is 0 Å². The molecule has 0 aliphatic carbocycles. The first-order valence-corrected chi connectivity index (χ1v) is 5.15. The van der Waals surface area contributed by atoms with Crippen molar-refractivity contribution in [1.82, 2.24) is 10.3 Å². The molecule has 0 bridgehead atoms. The van der Waals surface area contributed by atoms with Crippen LogP contribution < -0.4 is 5.32 Å². The summed E-state index contributed by atoms with van der Waals surface area (Å²) in [6.07, 6.45) is 3.00. The lowest BCUT2D eigenvalue weighted by Crippen LogP contribution is -2.24. The predicted molar refractivity (Wildman–Crippen MR) is 57.0 cm³/mol. The Hall–Kier alpha value is -0.540. The van der Waals surface area contributed by atoms with Crippen LogP contribution in [-0.2, 0) is 13.0 Å². The number of hydrogen-bond donors (Lipinski definition) is 2. The summed E-state index contributed by atoms with van der Waals surface area (Å²) >= 11 is 4.39. The highest BCUT2D eigenvalue weighted by Crippen LogP contribution is 2.21. The molecule has 0 fully saturated rings. The van der Waals surface area contributed by atoms with Gasteiger partial charge in [0.25, 0.3) is 0 Å². The van der Waals surface area contributed by atoms with E-state index < -0.39 is 0 Å². The molecule has 0 saturated carbocycles. The van der Waals surface area contributed by atoms with E-state index in [1.807, 2.05) is 6.20 Å². The second kappa shape index (κ2) is 3.68. The molecule has 1 aliphatic rings. The monoisotopic (exact) mass is 194 g/mol. The second-order valence-corrected chi connectivity index (χ2v) is 4.25. The highest BCUT2D eigenvalue weighted by molar-refractivity contribution is 7.80. The van der Waals surface area contributed by atoms with E-state index in [2.05, 4.69) is 35.9 Å². The van der Waals surface area contributed by atoms with Gasteiger partial charge < -0.3 is 5.32 Å². The molecule has 2 rings (SSSR count). The summed E-state index contributed by atoms with van der Waals surface area (Å²) in [5.74, 6) is 0. The van der Waals surface area contributed by atoms with E-state index in [-0.39, 0.29) is 5.25 Å². The van der Waals surface area contributed by atoms with Crippen LogP contribution in [0.1, 0.15) is 29.0 Å². The molecule has 1 aromatic rings. The van der Waals surface area contributed by atoms with Crippen molar-refractivity contribution in [3.63, 3.8) is 0 Å². The van der Waals surface area contributed by atoms with Crippen LogP contribution >= 0.6 is 12.6 Å². The smallest absolute Gasteiger partial charge is 0.0461 e. The fourth-order valence-corrected chi connectivity index (χ4v) is 1.73. The summed E-state index contributed by atoms with van der Waals surface area (Å²) in [4.78, 5) is 4.45. The molecule has 1 atom stereocenters. The molecule has 1 aromatic heterocycles. The molecule has 1 N–H and O–H groups in total. The molecule has 0 spiro atoms. The van der Waals surface area contributed by atoms with Crippen molar-refractivity contribution in [3.05, 3.63) is 29.1 Å². The maximum atomic E-state index is 4.45. The Morgan fingerprint density at radius 1 is 1.62 bits per heavy atom. The van der Waals surface area contributed by atoms with Crippen LogP contribution in [-0.4, -0.2) is 11.5 Å². The zero-order valence-electron chi connectivity index (χ0n) is 7.75. The van der Waals surface area contributed by atoms with Crippen molar-refractivity contribution in [3.8, 4) is 0 Å². The molecule has 1 aliphatic heterocycles. The minimum atomic E-state index is 0.278. The average molecular weight is 194 g/mol. The summed E-state index contributed by atoms with van der Waals surface area (Å²) in [5.41, 5.74) is 3.80. The van der Waals surface area contributed by atoms with Crippen molar-refractivity contribution < 1.29 is 0 Å². The summed E-state index contributed by atoms with van der Waals surface area (Å²) in [5, 5.41) is 3.62. The Kier molecular flexibility index (Phi) is 2.56. The number of nitrogens with zero attached hydrogens (tertiary/aromatic N) is 1. The minimum absolute atomic E-state index is 0.278. The fourth-order valence-electron chi connectivity index (χ4n) is 1.59. The van der Waals surface area contributed by atoms with Gasteiger partial charge in [0.15, 0.2) is 0 Å². The normalized spacial score (nSPS) is 18.0. The molecule has 1 unspecified atom stereocenters. The Morgan fingerprint density at radius 3 is 3.23 bits per heavy atom. The Labute approximate surface area is 84.2 Å². The second-order valence-electron chi connectivity index (χ2n) is 3.48. The molecular formula is C10H14N2S. The molecule has 2 nitrogen and oxygen atoms in total. The molecule has 70 valence electrons. The number of fused-ring (bicyclic) bond motifs is 1. The summed E-state index contributed by atoms with van der Waals surface area (Å²) < 4.78 is 0. The maximum Gasteiger partial charge on any atom is 0.0461 e. The SMILES string of the molecule is CC(S)c1cnc2c(c1)CNCC2. The van der Waals surface area contributed by atoms with Crippen LogP contribution in [0.15, 0.2) is 12.3 Å². The number of nitrogens with one attached hydrogen (secondary N) is 1. The third-order valence-electron chi connectivity index (χ3n) is 2.42. The highest BCUT2D eigenvalue weighted by atomic mass is 32.1. The Morgan fingerprint density at radius 2 is 2.46 bits per heavy atom. The number of thiol groups is 1. The number of hydrogen-bond acceptors (Lipinski definition) is 3. The van der Waals surface area contributed by atoms with Crippen molar-refractivity contribution >= 4 is 12.6 Å². The van der Waals surface area contributed by atoms with Crippen LogP contribution in [0.4, 0.5) is 0 Å². The van der Waals surface area contributed by atoms with E-state index in [9.17, 15) is 0 Å². The average Bonchev–Trinajstić information content (AvgIpc) is 2.17. The third kappa shape index (κ3) is 1.86. The van der Waals surface area contributed by atoms with E-state index in [1.54, 1.807) is 0 Å². The first-order valence-electron chi connectivity index (χ1n) is 4.64. The molecule has 2 heterocycles. The molecule has 0 aromatic carbocycles. The van der Waals surface area contributed by atoms with Gasteiger partial charge in [-0.2, -0.15) is 12.6 Å². The van der Waals surface area contributed by atoms with Crippen molar-refractivity contribution in [2.24, 2.45) is 0 Å². The van der Waals surface area contributed by atoms with E-state index in [4.69, 9.17) is 0 Å². The van der Waals surface area contributed by atoms with Gasteiger partial charge >= 0.3 is 0 Å². The van der Waals surface area contributed by atoms with E-state index in [0.29, 0.717) is 0 Å². The van der Waals surface area contributed by atoms with Crippen LogP contribution in [0, 0.1) is 0 Å². The van der Waals surface area contributed by atoms with E-state index in [0.717, 1.165) is 19.5 Å². The highest BCUT2D eigenvalue weighted by Gasteiger charge is 2.11. The van der Waals surface area contributed by atoms with Gasteiger partial charge in [0.2, 0.25) is 0 Å². The van der Waals surface area contributed by atoms with Gasteiger partial charge in [-0.1, -0.05) is 6.07 Å². The zero-order valence-corrected chi connectivity index (χ0v) is 8.64.